The number of hydrogen-bond acceptors (Lipinski definition) is 6. The van der Waals surface area contributed by atoms with Crippen molar-refractivity contribution < 1.29 is 4.79 Å². The Kier molecular flexibility index (Phi) is 2.78. The van der Waals surface area contributed by atoms with E-state index in [-0.39, 0.29) is 11.9 Å². The molecule has 0 radical (unpaired) electrons. The van der Waals surface area contributed by atoms with Gasteiger partial charge in [0, 0.05) is 26.3 Å². The number of aromatic amines is 1. The molecule has 3 aromatic heterocycles. The van der Waals surface area contributed by atoms with Crippen molar-refractivity contribution in [1.82, 2.24) is 34.9 Å². The Morgan fingerprint density at radius 3 is 3.05 bits per heavy atom. The van der Waals surface area contributed by atoms with Gasteiger partial charge in [0.25, 0.3) is 5.91 Å². The van der Waals surface area contributed by atoms with Crippen molar-refractivity contribution >= 4 is 17.4 Å². The minimum atomic E-state index is -0.0272. The van der Waals surface area contributed by atoms with Gasteiger partial charge >= 0.3 is 0 Å². The number of amides is 1. The molecule has 4 heterocycles. The van der Waals surface area contributed by atoms with Gasteiger partial charge in [-0.25, -0.2) is 0 Å². The monoisotopic (exact) mass is 298 g/mol. The lowest BCUT2D eigenvalue weighted by molar-refractivity contribution is 0.0705. The molecule has 1 aliphatic heterocycles. The van der Waals surface area contributed by atoms with Crippen molar-refractivity contribution in [2.75, 3.05) is 25.0 Å². The average molecular weight is 298 g/mol. The minimum Gasteiger partial charge on any atom is -0.351 e. The van der Waals surface area contributed by atoms with E-state index in [0.717, 1.165) is 18.9 Å². The largest absolute Gasteiger partial charge is 0.351 e. The summed E-state index contributed by atoms with van der Waals surface area (Å²) < 4.78 is 1.64. The maximum atomic E-state index is 12.2. The molecule has 1 aliphatic rings. The standard InChI is InChI=1S/C13H14N8O/c1-19(13(22)9-4-14-15-5-9)10-6-20(7-10)12-3-2-11-17-16-8-21(11)18-12/h2-5,8,10H,6-7H2,1H3,(H,14,15). The van der Waals surface area contributed by atoms with E-state index in [1.807, 2.05) is 19.2 Å². The summed E-state index contributed by atoms with van der Waals surface area (Å²) in [4.78, 5) is 16.1. The van der Waals surface area contributed by atoms with E-state index in [2.05, 4.69) is 30.4 Å². The molecular weight excluding hydrogens is 284 g/mol. The van der Waals surface area contributed by atoms with Gasteiger partial charge in [0.1, 0.15) is 12.1 Å². The van der Waals surface area contributed by atoms with Gasteiger partial charge in [0.2, 0.25) is 0 Å². The summed E-state index contributed by atoms with van der Waals surface area (Å²) >= 11 is 0. The van der Waals surface area contributed by atoms with Crippen LogP contribution in [0.4, 0.5) is 5.82 Å². The van der Waals surface area contributed by atoms with Crippen LogP contribution in [0.1, 0.15) is 10.4 Å². The van der Waals surface area contributed by atoms with Crippen molar-refractivity contribution in [2.24, 2.45) is 0 Å². The lowest BCUT2D eigenvalue weighted by atomic mass is 10.1. The van der Waals surface area contributed by atoms with E-state index in [9.17, 15) is 4.79 Å². The number of likely N-dealkylation sites (N-methyl/N-ethyl adjacent to an activating group) is 1. The third-order valence-electron chi connectivity index (χ3n) is 3.95. The molecule has 0 aliphatic carbocycles. The van der Waals surface area contributed by atoms with Crippen LogP contribution in [0.2, 0.25) is 0 Å². The van der Waals surface area contributed by atoms with E-state index in [1.54, 1.807) is 21.9 Å². The third kappa shape index (κ3) is 1.98. The Labute approximate surface area is 125 Å². The number of nitrogens with one attached hydrogen (secondary N) is 1. The Morgan fingerprint density at radius 1 is 1.41 bits per heavy atom. The van der Waals surface area contributed by atoms with Crippen molar-refractivity contribution in [2.45, 2.75) is 6.04 Å². The Morgan fingerprint density at radius 2 is 2.27 bits per heavy atom. The summed E-state index contributed by atoms with van der Waals surface area (Å²) in [6.07, 6.45) is 4.72. The number of carbonyl (C=O) groups is 1. The van der Waals surface area contributed by atoms with Gasteiger partial charge in [-0.05, 0) is 12.1 Å². The molecule has 0 atom stereocenters. The number of carbonyl (C=O) groups excluding carboxylic acids is 1. The van der Waals surface area contributed by atoms with Crippen LogP contribution >= 0.6 is 0 Å². The van der Waals surface area contributed by atoms with Crippen molar-refractivity contribution in [3.8, 4) is 0 Å². The highest BCUT2D eigenvalue weighted by Gasteiger charge is 2.34. The van der Waals surface area contributed by atoms with Gasteiger partial charge in [-0.1, -0.05) is 0 Å². The zero-order chi connectivity index (χ0) is 15.1. The zero-order valence-corrected chi connectivity index (χ0v) is 11.9. The summed E-state index contributed by atoms with van der Waals surface area (Å²) in [5.74, 6) is 0.827. The van der Waals surface area contributed by atoms with E-state index >= 15 is 0 Å². The molecular formula is C13H14N8O. The molecule has 1 saturated heterocycles. The molecule has 0 saturated carbocycles. The molecule has 1 fully saturated rings. The van der Waals surface area contributed by atoms with Crippen molar-refractivity contribution in [3.63, 3.8) is 0 Å². The number of aromatic nitrogens is 6. The molecule has 0 bridgehead atoms. The highest BCUT2D eigenvalue weighted by molar-refractivity contribution is 5.93. The van der Waals surface area contributed by atoms with Crippen LogP contribution in [-0.4, -0.2) is 67.0 Å². The van der Waals surface area contributed by atoms with Gasteiger partial charge in [-0.2, -0.15) is 9.61 Å². The molecule has 4 rings (SSSR count). The van der Waals surface area contributed by atoms with Crippen LogP contribution in [-0.2, 0) is 0 Å². The highest BCUT2D eigenvalue weighted by Crippen LogP contribution is 2.22. The van der Waals surface area contributed by atoms with Crippen LogP contribution in [0.15, 0.2) is 30.9 Å². The van der Waals surface area contributed by atoms with E-state index in [0.29, 0.717) is 11.2 Å². The highest BCUT2D eigenvalue weighted by atomic mass is 16.2. The quantitative estimate of drug-likeness (QED) is 0.720. The fourth-order valence-corrected chi connectivity index (χ4v) is 2.51. The lowest BCUT2D eigenvalue weighted by Gasteiger charge is -2.44. The van der Waals surface area contributed by atoms with Crippen LogP contribution in [0.3, 0.4) is 0 Å². The molecule has 0 unspecified atom stereocenters. The predicted octanol–water partition coefficient (Wildman–Crippen LogP) is -0.192. The maximum absolute atomic E-state index is 12.2. The summed E-state index contributed by atoms with van der Waals surface area (Å²) in [5, 5.41) is 18.6. The summed E-state index contributed by atoms with van der Waals surface area (Å²) in [7, 11) is 1.81. The molecule has 9 heteroatoms. The topological polar surface area (TPSA) is 95.3 Å². The summed E-state index contributed by atoms with van der Waals surface area (Å²) in [5.41, 5.74) is 1.29. The van der Waals surface area contributed by atoms with E-state index in [4.69, 9.17) is 0 Å². The molecule has 22 heavy (non-hydrogen) atoms. The molecule has 3 aromatic rings. The van der Waals surface area contributed by atoms with Gasteiger partial charge in [0.15, 0.2) is 5.65 Å². The Hall–Kier alpha value is -2.97. The number of anilines is 1. The van der Waals surface area contributed by atoms with Crippen LogP contribution < -0.4 is 4.90 Å². The third-order valence-corrected chi connectivity index (χ3v) is 3.95. The normalized spacial score (nSPS) is 15.0. The molecule has 0 spiro atoms. The number of nitrogens with zero attached hydrogens (tertiary/aromatic N) is 7. The number of rotatable bonds is 3. The Bertz CT molecular complexity index is 804. The van der Waals surface area contributed by atoms with Crippen LogP contribution in [0.5, 0.6) is 0 Å². The molecule has 1 amide bonds. The van der Waals surface area contributed by atoms with Gasteiger partial charge in [-0.3, -0.25) is 9.89 Å². The number of H-pyrrole nitrogens is 1. The van der Waals surface area contributed by atoms with Gasteiger partial charge < -0.3 is 9.80 Å². The van der Waals surface area contributed by atoms with Crippen LogP contribution in [0, 0.1) is 0 Å². The smallest absolute Gasteiger partial charge is 0.257 e. The molecule has 9 nitrogen and oxygen atoms in total. The lowest BCUT2D eigenvalue weighted by Crippen LogP contribution is -2.60. The molecule has 112 valence electrons. The summed E-state index contributed by atoms with van der Waals surface area (Å²) in [6.45, 7) is 1.50. The fraction of sp³-hybridized carbons (Fsp3) is 0.308. The van der Waals surface area contributed by atoms with Crippen molar-refractivity contribution in [1.29, 1.82) is 0 Å². The average Bonchev–Trinajstić information content (AvgIpc) is 3.15. The number of fused-ring (bicyclic) bond motifs is 1. The molecule has 0 aromatic carbocycles. The second-order valence-corrected chi connectivity index (χ2v) is 5.29. The maximum Gasteiger partial charge on any atom is 0.257 e. The first kappa shape index (κ1) is 12.7. The first-order chi connectivity index (χ1) is 10.7. The van der Waals surface area contributed by atoms with Gasteiger partial charge in [-0.15, -0.1) is 15.3 Å². The summed E-state index contributed by atoms with van der Waals surface area (Å²) in [6, 6.07) is 3.96. The predicted molar refractivity (Wildman–Crippen MR) is 77.5 cm³/mol. The second-order valence-electron chi connectivity index (χ2n) is 5.29. The SMILES string of the molecule is CN(C(=O)c1cn[nH]c1)C1CN(c2ccc3nncn3n2)C1. The first-order valence-electron chi connectivity index (χ1n) is 6.90. The van der Waals surface area contributed by atoms with E-state index < -0.39 is 0 Å². The minimum absolute atomic E-state index is 0.0272. The fourth-order valence-electron chi connectivity index (χ4n) is 2.51. The van der Waals surface area contributed by atoms with E-state index in [1.165, 1.54) is 6.20 Å². The first-order valence-corrected chi connectivity index (χ1v) is 6.90. The molecule has 1 N–H and O–H groups in total. The van der Waals surface area contributed by atoms with Crippen LogP contribution in [0.25, 0.3) is 5.65 Å². The Balaban J connectivity index is 1.44. The van der Waals surface area contributed by atoms with Gasteiger partial charge in [0.05, 0.1) is 17.8 Å². The number of hydrogen-bond donors (Lipinski definition) is 1. The second kappa shape index (κ2) is 4.79. The zero-order valence-electron chi connectivity index (χ0n) is 11.9. The van der Waals surface area contributed by atoms with Crippen molar-refractivity contribution in [3.05, 3.63) is 36.4 Å².